The molecule has 0 aliphatic carbocycles. The maximum absolute atomic E-state index is 9.09. The Kier molecular flexibility index (Phi) is 2.84. The first kappa shape index (κ1) is 10.8. The van der Waals surface area contributed by atoms with Crippen molar-refractivity contribution in [3.05, 3.63) is 47.7 Å². The summed E-state index contributed by atoms with van der Waals surface area (Å²) in [5.74, 6) is 0.877. The molecule has 1 aromatic heterocycles. The summed E-state index contributed by atoms with van der Waals surface area (Å²) in [5, 5.41) is 9.09. The maximum atomic E-state index is 9.09. The van der Waals surface area contributed by atoms with Gasteiger partial charge >= 0.3 is 0 Å². The van der Waals surface area contributed by atoms with E-state index in [9.17, 15) is 0 Å². The van der Waals surface area contributed by atoms with Crippen molar-refractivity contribution in [2.75, 3.05) is 11.5 Å². The lowest BCUT2D eigenvalue weighted by Crippen LogP contribution is -1.86. The lowest BCUT2D eigenvalue weighted by atomic mass is 10.1. The monoisotopic (exact) mass is 225 g/mol. The van der Waals surface area contributed by atoms with E-state index in [1.807, 2.05) is 0 Å². The van der Waals surface area contributed by atoms with Crippen LogP contribution in [0.3, 0.4) is 0 Å². The van der Waals surface area contributed by atoms with E-state index in [1.165, 1.54) is 0 Å². The molecule has 17 heavy (non-hydrogen) atoms. The summed E-state index contributed by atoms with van der Waals surface area (Å²) in [6.45, 7) is 0. The third kappa shape index (κ3) is 2.47. The zero-order chi connectivity index (χ0) is 12.3. The predicted octanol–water partition coefficient (Wildman–Crippen LogP) is 2.51. The van der Waals surface area contributed by atoms with E-state index in [0.717, 1.165) is 5.56 Å². The van der Waals surface area contributed by atoms with Crippen molar-refractivity contribution in [1.82, 2.24) is 0 Å². The molecule has 4 N–H and O–H groups in total. The zero-order valence-electron chi connectivity index (χ0n) is 9.05. The highest BCUT2D eigenvalue weighted by Crippen LogP contribution is 2.20. The van der Waals surface area contributed by atoms with Gasteiger partial charge in [-0.15, -0.1) is 0 Å². The third-order valence-electron chi connectivity index (χ3n) is 2.28. The molecule has 0 bridgehead atoms. The Morgan fingerprint density at radius 2 is 1.82 bits per heavy atom. The van der Waals surface area contributed by atoms with Crippen LogP contribution >= 0.6 is 0 Å². The highest BCUT2D eigenvalue weighted by Gasteiger charge is 2.03. The molecule has 0 saturated carbocycles. The molecule has 2 rings (SSSR count). The summed E-state index contributed by atoms with van der Waals surface area (Å²) in [6, 6.07) is 12.5. The van der Waals surface area contributed by atoms with Crippen molar-refractivity contribution in [1.29, 1.82) is 5.26 Å². The molecule has 0 unspecified atom stereocenters. The van der Waals surface area contributed by atoms with E-state index in [-0.39, 0.29) is 0 Å². The third-order valence-corrected chi connectivity index (χ3v) is 2.28. The number of allylic oxidation sites excluding steroid dienone is 1. The normalized spacial score (nSPS) is 11.1. The van der Waals surface area contributed by atoms with Crippen LogP contribution in [0.25, 0.3) is 11.6 Å². The van der Waals surface area contributed by atoms with Gasteiger partial charge in [-0.2, -0.15) is 5.26 Å². The number of nitrogen functional groups attached to an aromatic ring is 2. The summed E-state index contributed by atoms with van der Waals surface area (Å²) in [7, 11) is 0. The lowest BCUT2D eigenvalue weighted by molar-refractivity contribution is 0.577. The van der Waals surface area contributed by atoms with Gasteiger partial charge in [0.25, 0.3) is 0 Å². The van der Waals surface area contributed by atoms with Crippen LogP contribution in [0.2, 0.25) is 0 Å². The molecule has 0 aliphatic heterocycles. The van der Waals surface area contributed by atoms with Gasteiger partial charge < -0.3 is 15.9 Å². The van der Waals surface area contributed by atoms with Crippen molar-refractivity contribution in [2.45, 2.75) is 0 Å². The first-order valence-corrected chi connectivity index (χ1v) is 5.02. The molecule has 0 spiro atoms. The first-order chi connectivity index (χ1) is 8.19. The highest BCUT2D eigenvalue weighted by molar-refractivity contribution is 5.89. The maximum Gasteiger partial charge on any atom is 0.190 e. The number of hydrogen-bond donors (Lipinski definition) is 2. The molecule has 4 heteroatoms. The minimum Gasteiger partial charge on any atom is -0.442 e. The number of nitrogens with two attached hydrogens (primary N) is 2. The van der Waals surface area contributed by atoms with Gasteiger partial charge in [-0.3, -0.25) is 0 Å². The van der Waals surface area contributed by atoms with Crippen LogP contribution in [-0.2, 0) is 0 Å². The fourth-order valence-corrected chi connectivity index (χ4v) is 1.43. The van der Waals surface area contributed by atoms with E-state index < -0.39 is 0 Å². The fraction of sp³-hybridized carbons (Fsp3) is 0. The number of hydrogen-bond acceptors (Lipinski definition) is 4. The van der Waals surface area contributed by atoms with Gasteiger partial charge in [0.05, 0.1) is 11.6 Å². The average Bonchev–Trinajstić information content (AvgIpc) is 2.73. The van der Waals surface area contributed by atoms with Gasteiger partial charge in [-0.25, -0.2) is 0 Å². The van der Waals surface area contributed by atoms with Crippen LogP contribution in [0.5, 0.6) is 0 Å². The summed E-state index contributed by atoms with van der Waals surface area (Å²) in [6.07, 6.45) is 1.64. The van der Waals surface area contributed by atoms with Crippen molar-refractivity contribution >= 4 is 23.2 Å². The average molecular weight is 225 g/mol. The molecule has 1 heterocycles. The second-order valence-electron chi connectivity index (χ2n) is 3.53. The molecule has 0 fully saturated rings. The lowest BCUT2D eigenvalue weighted by Gasteiger charge is -1.99. The second-order valence-corrected chi connectivity index (χ2v) is 3.53. The molecule has 84 valence electrons. The van der Waals surface area contributed by atoms with Crippen LogP contribution in [-0.4, -0.2) is 0 Å². The Labute approximate surface area is 98.8 Å². The van der Waals surface area contributed by atoms with E-state index in [2.05, 4.69) is 6.07 Å². The summed E-state index contributed by atoms with van der Waals surface area (Å²) in [4.78, 5) is 0. The topological polar surface area (TPSA) is 89.0 Å². The molecule has 4 nitrogen and oxygen atoms in total. The van der Waals surface area contributed by atoms with E-state index in [0.29, 0.717) is 22.9 Å². The molecular formula is C13H11N3O. The van der Waals surface area contributed by atoms with Gasteiger partial charge in [0, 0.05) is 11.8 Å². The van der Waals surface area contributed by atoms with Gasteiger partial charge in [0.1, 0.15) is 5.76 Å². The molecule has 1 aromatic carbocycles. The summed E-state index contributed by atoms with van der Waals surface area (Å²) >= 11 is 0. The number of anilines is 2. The minimum atomic E-state index is 0.325. The van der Waals surface area contributed by atoms with E-state index >= 15 is 0 Å². The molecule has 2 aromatic rings. The van der Waals surface area contributed by atoms with Crippen LogP contribution < -0.4 is 11.5 Å². The van der Waals surface area contributed by atoms with Crippen LogP contribution in [0, 0.1) is 11.3 Å². The van der Waals surface area contributed by atoms with E-state index in [4.69, 9.17) is 21.1 Å². The minimum absolute atomic E-state index is 0.325. The van der Waals surface area contributed by atoms with Gasteiger partial charge in [-0.05, 0) is 29.8 Å². The Morgan fingerprint density at radius 1 is 1.12 bits per heavy atom. The summed E-state index contributed by atoms with van der Waals surface area (Å²) in [5.41, 5.74) is 13.0. The van der Waals surface area contributed by atoms with Crippen molar-refractivity contribution in [2.24, 2.45) is 0 Å². The number of nitrogens with zero attached hydrogens (tertiary/aromatic N) is 1. The molecule has 0 radical (unpaired) electrons. The van der Waals surface area contributed by atoms with Crippen molar-refractivity contribution in [3.8, 4) is 6.07 Å². The smallest absolute Gasteiger partial charge is 0.190 e. The quantitative estimate of drug-likeness (QED) is 0.607. The Morgan fingerprint density at radius 3 is 2.35 bits per heavy atom. The van der Waals surface area contributed by atoms with Gasteiger partial charge in [0.2, 0.25) is 0 Å². The fourth-order valence-electron chi connectivity index (χ4n) is 1.43. The Balaban J connectivity index is 2.37. The zero-order valence-corrected chi connectivity index (χ0v) is 9.05. The number of furan rings is 1. The van der Waals surface area contributed by atoms with Crippen molar-refractivity contribution in [3.63, 3.8) is 0 Å². The number of rotatable bonds is 2. The SMILES string of the molecule is N#CC(=Cc1ccc(N)o1)c1ccc(N)cc1. The number of nitriles is 1. The first-order valence-electron chi connectivity index (χ1n) is 5.02. The van der Waals surface area contributed by atoms with Gasteiger partial charge in [-0.1, -0.05) is 12.1 Å². The van der Waals surface area contributed by atoms with Crippen LogP contribution in [0.4, 0.5) is 11.6 Å². The van der Waals surface area contributed by atoms with Gasteiger partial charge in [0.15, 0.2) is 5.88 Å². The van der Waals surface area contributed by atoms with Crippen molar-refractivity contribution < 1.29 is 4.42 Å². The van der Waals surface area contributed by atoms with Crippen LogP contribution in [0.1, 0.15) is 11.3 Å². The molecule has 0 saturated heterocycles. The summed E-state index contributed by atoms with van der Waals surface area (Å²) < 4.78 is 5.19. The Hall–Kier alpha value is -2.67. The second kappa shape index (κ2) is 4.45. The predicted molar refractivity (Wildman–Crippen MR) is 67.5 cm³/mol. The molecule has 0 amide bonds. The highest BCUT2D eigenvalue weighted by atomic mass is 16.3. The molecule has 0 atom stereocenters. The Bertz CT molecular complexity index is 588. The van der Waals surface area contributed by atoms with E-state index in [1.54, 1.807) is 42.5 Å². The largest absolute Gasteiger partial charge is 0.442 e. The molecular weight excluding hydrogens is 214 g/mol. The molecule has 0 aliphatic rings. The van der Waals surface area contributed by atoms with Crippen LogP contribution in [0.15, 0.2) is 40.8 Å². The number of benzene rings is 1. The standard InChI is InChI=1S/C13H11N3O/c14-8-10(7-12-5-6-13(16)17-12)9-1-3-11(15)4-2-9/h1-7H,15-16H2.